The van der Waals surface area contributed by atoms with Crippen LogP contribution in [0.4, 0.5) is 5.69 Å². The molecular formula is C36H43Cl2N5O5S. The maximum absolute atomic E-state index is 14.0. The average molecular weight is 729 g/mol. The minimum Gasteiger partial charge on any atom is -0.369 e. The van der Waals surface area contributed by atoms with E-state index < -0.39 is 16.1 Å². The van der Waals surface area contributed by atoms with E-state index in [2.05, 4.69) is 22.2 Å². The van der Waals surface area contributed by atoms with Crippen molar-refractivity contribution in [3.63, 3.8) is 0 Å². The number of hydrogen-bond donors (Lipinski definition) is 1. The van der Waals surface area contributed by atoms with Gasteiger partial charge in [0.2, 0.25) is 5.91 Å². The Balaban J connectivity index is 1.09. The van der Waals surface area contributed by atoms with Gasteiger partial charge in [-0.1, -0.05) is 59.6 Å². The molecule has 2 amide bonds. The second-order valence-corrected chi connectivity index (χ2v) is 15.8. The van der Waals surface area contributed by atoms with E-state index >= 15 is 0 Å². The number of ether oxygens (including phenoxy) is 1. The van der Waals surface area contributed by atoms with Crippen LogP contribution in [-0.4, -0.2) is 113 Å². The lowest BCUT2D eigenvalue weighted by atomic mass is 9.84. The van der Waals surface area contributed by atoms with Crippen LogP contribution in [0.2, 0.25) is 10.0 Å². The molecule has 3 aromatic rings. The summed E-state index contributed by atoms with van der Waals surface area (Å²) in [5.41, 5.74) is 1.90. The van der Waals surface area contributed by atoms with Crippen LogP contribution in [0.25, 0.3) is 0 Å². The predicted molar refractivity (Wildman–Crippen MR) is 192 cm³/mol. The maximum Gasteiger partial charge on any atom is 0.264 e. The number of para-hydroxylation sites is 1. The third-order valence-electron chi connectivity index (χ3n) is 10.1. The van der Waals surface area contributed by atoms with Crippen molar-refractivity contribution in [2.45, 2.75) is 42.2 Å². The highest BCUT2D eigenvalue weighted by molar-refractivity contribution is 7.92. The lowest BCUT2D eigenvalue weighted by molar-refractivity contribution is -0.139. The van der Waals surface area contributed by atoms with Gasteiger partial charge < -0.3 is 19.9 Å². The summed E-state index contributed by atoms with van der Waals surface area (Å²) in [6.07, 6.45) is 2.68. The Bertz CT molecular complexity index is 1750. The molecular weight excluding hydrogens is 685 g/mol. The smallest absolute Gasteiger partial charge is 0.264 e. The standard InChI is InChI=1S/C36H43Cl2N5O5S/c1-40-19-21-42(22-20-40)36(26-39-35(45)28-8-3-2-4-9-28)15-17-41(18-16-36)34(44)25-48-24-29-12-11-27-7-5-6-10-33(27)43(29)49(46,47)30-13-14-31(37)32(38)23-30/h2-10,13-14,23,29H,11-12,15-22,24-26H2,1H3,(H,39,45). The molecule has 3 aliphatic rings. The molecule has 49 heavy (non-hydrogen) atoms. The first-order chi connectivity index (χ1) is 23.6. The van der Waals surface area contributed by atoms with Gasteiger partial charge in [-0.2, -0.15) is 0 Å². The number of rotatable bonds is 10. The number of likely N-dealkylation sites (tertiary alicyclic amines) is 1. The molecule has 3 aliphatic heterocycles. The number of halogens is 2. The van der Waals surface area contributed by atoms with Gasteiger partial charge in [0, 0.05) is 56.9 Å². The van der Waals surface area contributed by atoms with Crippen molar-refractivity contribution in [1.82, 2.24) is 20.0 Å². The third-order valence-corrected chi connectivity index (χ3v) is 12.7. The zero-order valence-corrected chi connectivity index (χ0v) is 30.0. The number of benzene rings is 3. The van der Waals surface area contributed by atoms with Crippen molar-refractivity contribution in [2.75, 3.05) is 70.4 Å². The van der Waals surface area contributed by atoms with Crippen molar-refractivity contribution in [2.24, 2.45) is 0 Å². The van der Waals surface area contributed by atoms with Crippen LogP contribution in [0.1, 0.15) is 35.2 Å². The fraction of sp³-hybridized carbons (Fsp3) is 0.444. The first kappa shape index (κ1) is 35.6. The Kier molecular flexibility index (Phi) is 11.2. The topological polar surface area (TPSA) is 102 Å². The van der Waals surface area contributed by atoms with Gasteiger partial charge in [-0.3, -0.25) is 18.8 Å². The van der Waals surface area contributed by atoms with E-state index in [9.17, 15) is 18.0 Å². The van der Waals surface area contributed by atoms with E-state index in [1.807, 2.05) is 53.4 Å². The summed E-state index contributed by atoms with van der Waals surface area (Å²) in [6.45, 7) is 5.23. The van der Waals surface area contributed by atoms with Gasteiger partial charge in [-0.25, -0.2) is 8.42 Å². The molecule has 1 unspecified atom stereocenters. The molecule has 0 radical (unpaired) electrons. The largest absolute Gasteiger partial charge is 0.369 e. The minimum atomic E-state index is -4.01. The van der Waals surface area contributed by atoms with Crippen LogP contribution >= 0.6 is 23.2 Å². The molecule has 0 aromatic heterocycles. The fourth-order valence-corrected chi connectivity index (χ4v) is 9.26. The normalized spacial score (nSPS) is 20.1. The van der Waals surface area contributed by atoms with Crippen LogP contribution in [0.3, 0.4) is 0 Å². The Hall–Kier alpha value is -3.19. The van der Waals surface area contributed by atoms with Gasteiger partial charge in [0.1, 0.15) is 6.61 Å². The number of carbonyl (C=O) groups excluding carboxylic acids is 2. The number of fused-ring (bicyclic) bond motifs is 1. The van der Waals surface area contributed by atoms with Crippen LogP contribution < -0.4 is 9.62 Å². The van der Waals surface area contributed by atoms with Crippen LogP contribution in [-0.2, 0) is 26.0 Å². The predicted octanol–water partition coefficient (Wildman–Crippen LogP) is 4.56. The molecule has 2 fully saturated rings. The number of nitrogens with one attached hydrogen (secondary N) is 1. The van der Waals surface area contributed by atoms with Gasteiger partial charge in [-0.05, 0) is 74.7 Å². The Morgan fingerprint density at radius 1 is 0.898 bits per heavy atom. The van der Waals surface area contributed by atoms with Crippen molar-refractivity contribution in [3.05, 3.63) is 94.0 Å². The Morgan fingerprint density at radius 2 is 1.59 bits per heavy atom. The molecule has 6 rings (SSSR count). The van der Waals surface area contributed by atoms with Crippen molar-refractivity contribution < 1.29 is 22.7 Å². The van der Waals surface area contributed by atoms with E-state index in [1.165, 1.54) is 22.5 Å². The number of nitrogens with zero attached hydrogens (tertiary/aromatic N) is 4. The van der Waals surface area contributed by atoms with Gasteiger partial charge >= 0.3 is 0 Å². The number of piperidine rings is 1. The molecule has 1 N–H and O–H groups in total. The van der Waals surface area contributed by atoms with E-state index in [-0.39, 0.29) is 45.5 Å². The first-order valence-corrected chi connectivity index (χ1v) is 19.0. The van der Waals surface area contributed by atoms with E-state index in [1.54, 1.807) is 6.07 Å². The number of aryl methyl sites for hydroxylation is 1. The summed E-state index contributed by atoms with van der Waals surface area (Å²) in [5.74, 6) is -0.225. The quantitative estimate of drug-likeness (QED) is 0.327. The van der Waals surface area contributed by atoms with E-state index in [0.717, 1.165) is 44.6 Å². The number of amides is 2. The number of likely N-dealkylation sites (N-methyl/N-ethyl adjacent to an activating group) is 1. The number of sulfonamides is 1. The Morgan fingerprint density at radius 3 is 2.31 bits per heavy atom. The summed E-state index contributed by atoms with van der Waals surface area (Å²) >= 11 is 12.3. The van der Waals surface area contributed by atoms with Crippen molar-refractivity contribution in [3.8, 4) is 0 Å². The lowest BCUT2D eigenvalue weighted by Crippen LogP contribution is -2.64. The fourth-order valence-electron chi connectivity index (χ4n) is 7.17. The molecule has 0 spiro atoms. The number of anilines is 1. The summed E-state index contributed by atoms with van der Waals surface area (Å²) in [6, 6.07) is 20.4. The van der Waals surface area contributed by atoms with Gasteiger partial charge in [0.05, 0.1) is 33.3 Å². The summed E-state index contributed by atoms with van der Waals surface area (Å²) < 4.78 is 35.4. The molecule has 1 atom stereocenters. The SMILES string of the molecule is CN1CCN(C2(CNC(=O)c3ccccc3)CCN(C(=O)COCC3CCc4ccccc4N3S(=O)(=O)c3ccc(Cl)c(Cl)c3)CC2)CC1. The second-order valence-electron chi connectivity index (χ2n) is 13.2. The van der Waals surface area contributed by atoms with E-state index in [0.29, 0.717) is 43.7 Å². The number of carbonyl (C=O) groups is 2. The summed E-state index contributed by atoms with van der Waals surface area (Å²) in [7, 11) is -1.89. The lowest BCUT2D eigenvalue weighted by Gasteiger charge is -2.51. The molecule has 0 aliphatic carbocycles. The molecule has 10 nitrogen and oxygen atoms in total. The Labute approximate surface area is 298 Å². The van der Waals surface area contributed by atoms with Gasteiger partial charge in [0.15, 0.2) is 0 Å². The first-order valence-electron chi connectivity index (χ1n) is 16.8. The molecule has 3 heterocycles. The van der Waals surface area contributed by atoms with Gasteiger partial charge in [0.25, 0.3) is 15.9 Å². The summed E-state index contributed by atoms with van der Waals surface area (Å²) in [4.78, 5) is 33.1. The van der Waals surface area contributed by atoms with Gasteiger partial charge in [-0.15, -0.1) is 0 Å². The molecule has 3 aromatic carbocycles. The van der Waals surface area contributed by atoms with E-state index in [4.69, 9.17) is 27.9 Å². The molecule has 0 bridgehead atoms. The average Bonchev–Trinajstić information content (AvgIpc) is 3.12. The molecule has 262 valence electrons. The maximum atomic E-state index is 14.0. The zero-order chi connectivity index (χ0) is 34.6. The summed E-state index contributed by atoms with van der Waals surface area (Å²) in [5, 5.41) is 3.61. The second kappa shape index (κ2) is 15.4. The molecule has 13 heteroatoms. The highest BCUT2D eigenvalue weighted by Crippen LogP contribution is 2.37. The van der Waals surface area contributed by atoms with Crippen LogP contribution in [0.5, 0.6) is 0 Å². The number of piperazine rings is 1. The van der Waals surface area contributed by atoms with Crippen LogP contribution in [0, 0.1) is 0 Å². The number of hydrogen-bond acceptors (Lipinski definition) is 7. The minimum absolute atomic E-state index is 0.0387. The highest BCUT2D eigenvalue weighted by atomic mass is 35.5. The zero-order valence-electron chi connectivity index (χ0n) is 27.7. The van der Waals surface area contributed by atoms with Crippen molar-refractivity contribution in [1.29, 1.82) is 0 Å². The third kappa shape index (κ3) is 7.92. The monoisotopic (exact) mass is 727 g/mol. The highest BCUT2D eigenvalue weighted by Gasteiger charge is 2.42. The molecule has 0 saturated carbocycles. The van der Waals surface area contributed by atoms with Crippen molar-refractivity contribution >= 4 is 50.7 Å². The molecule has 2 saturated heterocycles. The van der Waals surface area contributed by atoms with Crippen LogP contribution in [0.15, 0.2) is 77.7 Å².